The van der Waals surface area contributed by atoms with Crippen LogP contribution in [0.1, 0.15) is 6.92 Å². The largest absolute Gasteiger partial charge is 2.00 e. The third-order valence-corrected chi connectivity index (χ3v) is 1.30. The maximum absolute atomic E-state index is 10.1. The topological polar surface area (TPSA) is 104 Å². The molecule has 0 heterocycles. The summed E-state index contributed by atoms with van der Waals surface area (Å²) < 4.78 is 0. The molecule has 70 valence electrons. The Bertz CT molecular complexity index is 186. The Morgan fingerprint density at radius 2 is 1.92 bits per heavy atom. The quantitative estimate of drug-likeness (QED) is 0.389. The summed E-state index contributed by atoms with van der Waals surface area (Å²) in [4.78, 5) is 20.9. The second-order valence-corrected chi connectivity index (χ2v) is 2.13. The Hall–Kier alpha value is -0.517. The molecule has 0 aromatic heterocycles. The van der Waals surface area contributed by atoms with E-state index in [1.165, 1.54) is 6.92 Å². The van der Waals surface area contributed by atoms with E-state index < -0.39 is 24.7 Å². The zero-order chi connectivity index (χ0) is 9.72. The van der Waals surface area contributed by atoms with E-state index in [0.717, 1.165) is 4.90 Å². The molecule has 13 heavy (non-hydrogen) atoms. The van der Waals surface area contributed by atoms with Crippen LogP contribution in [0.2, 0.25) is 0 Å². The second-order valence-electron chi connectivity index (χ2n) is 2.13. The van der Waals surface area contributed by atoms with Crippen LogP contribution in [-0.4, -0.2) is 41.3 Å². The SMILES string of the molecule is CCN(CC(=O)[O-])C(O)C(=O)[O-].[Zn+2]. The van der Waals surface area contributed by atoms with Gasteiger partial charge in [-0.1, -0.05) is 6.92 Å². The summed E-state index contributed by atoms with van der Waals surface area (Å²) in [5, 5.41) is 28.9. The van der Waals surface area contributed by atoms with Gasteiger partial charge >= 0.3 is 19.5 Å². The van der Waals surface area contributed by atoms with Crippen molar-refractivity contribution in [1.29, 1.82) is 0 Å². The molecule has 0 spiro atoms. The molecule has 0 radical (unpaired) electrons. The molecular weight excluding hydrogens is 231 g/mol. The molecule has 1 N–H and O–H groups in total. The van der Waals surface area contributed by atoms with Crippen LogP contribution in [0.15, 0.2) is 0 Å². The van der Waals surface area contributed by atoms with Crippen molar-refractivity contribution in [2.24, 2.45) is 0 Å². The number of carboxylic acids is 2. The van der Waals surface area contributed by atoms with Crippen LogP contribution in [0.4, 0.5) is 0 Å². The number of carbonyl (C=O) groups excluding carboxylic acids is 2. The van der Waals surface area contributed by atoms with Gasteiger partial charge in [-0.15, -0.1) is 0 Å². The van der Waals surface area contributed by atoms with E-state index in [2.05, 4.69) is 0 Å². The number of aliphatic carboxylic acids is 2. The van der Waals surface area contributed by atoms with E-state index in [0.29, 0.717) is 0 Å². The van der Waals surface area contributed by atoms with Crippen LogP contribution in [0.25, 0.3) is 0 Å². The van der Waals surface area contributed by atoms with Gasteiger partial charge in [-0.3, -0.25) is 4.90 Å². The Labute approximate surface area is 87.9 Å². The van der Waals surface area contributed by atoms with Gasteiger partial charge in [0.15, 0.2) is 0 Å². The number of nitrogens with zero attached hydrogens (tertiary/aromatic N) is 1. The fourth-order valence-electron chi connectivity index (χ4n) is 0.686. The molecule has 0 saturated heterocycles. The van der Waals surface area contributed by atoms with Crippen LogP contribution in [0.5, 0.6) is 0 Å². The molecule has 1 unspecified atom stereocenters. The third kappa shape index (κ3) is 5.68. The second kappa shape index (κ2) is 6.94. The number of aliphatic hydroxyl groups excluding tert-OH is 1. The summed E-state index contributed by atoms with van der Waals surface area (Å²) in [6.07, 6.45) is -1.90. The summed E-state index contributed by atoms with van der Waals surface area (Å²) in [6.45, 7) is 0.962. The number of carboxylic acid groups (broad SMARTS) is 2. The summed E-state index contributed by atoms with van der Waals surface area (Å²) in [6, 6.07) is 0. The number of hydrogen-bond donors (Lipinski definition) is 1. The van der Waals surface area contributed by atoms with Crippen LogP contribution < -0.4 is 10.2 Å². The fourth-order valence-corrected chi connectivity index (χ4v) is 0.686. The monoisotopic (exact) mass is 239 g/mol. The molecule has 7 heteroatoms. The summed E-state index contributed by atoms with van der Waals surface area (Å²) in [7, 11) is 0. The van der Waals surface area contributed by atoms with Gasteiger partial charge in [-0.2, -0.15) is 0 Å². The summed E-state index contributed by atoms with van der Waals surface area (Å²) >= 11 is 0. The van der Waals surface area contributed by atoms with Crippen molar-refractivity contribution < 1.29 is 44.4 Å². The van der Waals surface area contributed by atoms with Crippen LogP contribution in [-0.2, 0) is 29.1 Å². The molecule has 0 aromatic rings. The molecule has 0 fully saturated rings. The first-order valence-corrected chi connectivity index (χ1v) is 3.31. The van der Waals surface area contributed by atoms with Gasteiger partial charge in [-0.05, 0) is 6.54 Å². The van der Waals surface area contributed by atoms with Crippen molar-refractivity contribution in [3.05, 3.63) is 0 Å². The van der Waals surface area contributed by atoms with Crippen LogP contribution in [0, 0.1) is 0 Å². The Morgan fingerprint density at radius 3 is 2.15 bits per heavy atom. The van der Waals surface area contributed by atoms with Crippen molar-refractivity contribution in [3.63, 3.8) is 0 Å². The van der Waals surface area contributed by atoms with Crippen molar-refractivity contribution in [1.82, 2.24) is 4.90 Å². The van der Waals surface area contributed by atoms with Crippen molar-refractivity contribution in [3.8, 4) is 0 Å². The zero-order valence-corrected chi connectivity index (χ0v) is 10.2. The number of hydrogen-bond acceptors (Lipinski definition) is 6. The maximum atomic E-state index is 10.1. The fraction of sp³-hybridized carbons (Fsp3) is 0.667. The molecule has 0 aliphatic carbocycles. The van der Waals surface area contributed by atoms with Gasteiger partial charge in [-0.25, -0.2) is 0 Å². The number of aliphatic hydroxyl groups is 1. The van der Waals surface area contributed by atoms with E-state index in [4.69, 9.17) is 5.11 Å². The van der Waals surface area contributed by atoms with Gasteiger partial charge in [0.1, 0.15) is 6.23 Å². The Kier molecular flexibility index (Phi) is 8.00. The standard InChI is InChI=1S/C6H11NO5.Zn/c1-2-7(3-4(8)9)5(10)6(11)12;/h5,10H,2-3H2,1H3,(H,8,9)(H,11,12);/q;+2/p-2. The molecule has 0 aliphatic rings. The Morgan fingerprint density at radius 1 is 1.46 bits per heavy atom. The molecule has 0 aliphatic heterocycles. The molecule has 0 saturated carbocycles. The molecule has 6 nitrogen and oxygen atoms in total. The van der Waals surface area contributed by atoms with Crippen molar-refractivity contribution in [2.75, 3.05) is 13.1 Å². The van der Waals surface area contributed by atoms with E-state index in [9.17, 15) is 19.8 Å². The molecular formula is C6H9NO5Zn. The molecule has 0 bridgehead atoms. The van der Waals surface area contributed by atoms with Gasteiger partial charge in [0.25, 0.3) is 0 Å². The predicted octanol–water partition coefficient (Wildman–Crippen LogP) is -3.88. The van der Waals surface area contributed by atoms with E-state index in [1.54, 1.807) is 0 Å². The molecule has 0 rings (SSSR count). The van der Waals surface area contributed by atoms with Gasteiger partial charge in [0, 0.05) is 6.54 Å². The third-order valence-electron chi connectivity index (χ3n) is 1.30. The average Bonchev–Trinajstić information content (AvgIpc) is 1.98. The van der Waals surface area contributed by atoms with Crippen molar-refractivity contribution >= 4 is 11.9 Å². The molecule has 0 aromatic carbocycles. The smallest absolute Gasteiger partial charge is 0.549 e. The molecule has 0 amide bonds. The molecule has 1 atom stereocenters. The van der Waals surface area contributed by atoms with Crippen LogP contribution >= 0.6 is 0 Å². The van der Waals surface area contributed by atoms with E-state index in [1.807, 2.05) is 0 Å². The first kappa shape index (κ1) is 15.0. The van der Waals surface area contributed by atoms with E-state index in [-0.39, 0.29) is 26.0 Å². The first-order chi connectivity index (χ1) is 5.49. The average molecular weight is 241 g/mol. The minimum atomic E-state index is -1.90. The van der Waals surface area contributed by atoms with Crippen molar-refractivity contribution in [2.45, 2.75) is 13.2 Å². The first-order valence-electron chi connectivity index (χ1n) is 3.31. The predicted molar refractivity (Wildman–Crippen MR) is 33.3 cm³/mol. The van der Waals surface area contributed by atoms with Gasteiger partial charge in [0.2, 0.25) is 0 Å². The minimum Gasteiger partial charge on any atom is -0.549 e. The summed E-state index contributed by atoms with van der Waals surface area (Å²) in [5.74, 6) is -3.17. The number of carbonyl (C=O) groups is 2. The van der Waals surface area contributed by atoms with Gasteiger partial charge in [0.05, 0.1) is 11.9 Å². The zero-order valence-electron chi connectivity index (χ0n) is 7.23. The number of likely N-dealkylation sites (N-methyl/N-ethyl adjacent to an activating group) is 1. The minimum absolute atomic E-state index is 0. The Balaban J connectivity index is 0. The van der Waals surface area contributed by atoms with Crippen LogP contribution in [0.3, 0.4) is 0 Å². The van der Waals surface area contributed by atoms with E-state index >= 15 is 0 Å². The summed E-state index contributed by atoms with van der Waals surface area (Å²) in [5.41, 5.74) is 0. The number of rotatable bonds is 5. The van der Waals surface area contributed by atoms with Gasteiger partial charge < -0.3 is 24.9 Å². The normalized spacial score (nSPS) is 11.9. The maximum Gasteiger partial charge on any atom is 2.00 e.